The predicted molar refractivity (Wildman–Crippen MR) is 56.0 cm³/mol. The molecule has 1 heterocycles. The Bertz CT molecular complexity index is 325. The molecule has 0 saturated heterocycles. The number of nitrogens with zero attached hydrogens (tertiary/aromatic N) is 2. The molecule has 5 heteroatoms. The minimum absolute atomic E-state index is 0.0242. The normalized spacial score (nSPS) is 11.4. The highest BCUT2D eigenvalue weighted by atomic mass is 16.3. The van der Waals surface area contributed by atoms with E-state index in [0.717, 1.165) is 5.56 Å². The van der Waals surface area contributed by atoms with Gasteiger partial charge >= 0.3 is 0 Å². The van der Waals surface area contributed by atoms with Crippen molar-refractivity contribution >= 4 is 11.8 Å². The van der Waals surface area contributed by atoms with Crippen molar-refractivity contribution in [3.05, 3.63) is 11.8 Å². The van der Waals surface area contributed by atoms with Crippen LogP contribution in [0.2, 0.25) is 0 Å². The van der Waals surface area contributed by atoms with Gasteiger partial charge in [-0.3, -0.25) is 0 Å². The SMILES string of the molecule is Cc1cnc(N)nc1NC(C)(C)CO. The van der Waals surface area contributed by atoms with Gasteiger partial charge in [-0.2, -0.15) is 4.98 Å². The summed E-state index contributed by atoms with van der Waals surface area (Å²) in [6.07, 6.45) is 1.65. The van der Waals surface area contributed by atoms with Gasteiger partial charge in [0.2, 0.25) is 5.95 Å². The summed E-state index contributed by atoms with van der Waals surface area (Å²) in [6, 6.07) is 0. The van der Waals surface area contributed by atoms with Crippen LogP contribution in [-0.2, 0) is 0 Å². The molecule has 1 aromatic heterocycles. The van der Waals surface area contributed by atoms with Gasteiger partial charge in [0.25, 0.3) is 0 Å². The molecule has 0 radical (unpaired) electrons. The second-order valence-corrected chi connectivity index (χ2v) is 3.93. The molecule has 0 amide bonds. The molecular weight excluding hydrogens is 180 g/mol. The monoisotopic (exact) mass is 196 g/mol. The van der Waals surface area contributed by atoms with Crippen LogP contribution in [0.15, 0.2) is 6.20 Å². The molecule has 14 heavy (non-hydrogen) atoms. The van der Waals surface area contributed by atoms with E-state index in [1.54, 1.807) is 6.20 Å². The Kier molecular flexibility index (Phi) is 2.90. The molecule has 1 rings (SSSR count). The quantitative estimate of drug-likeness (QED) is 0.657. The zero-order chi connectivity index (χ0) is 10.8. The lowest BCUT2D eigenvalue weighted by Gasteiger charge is -2.24. The number of nitrogen functional groups attached to an aromatic ring is 1. The van der Waals surface area contributed by atoms with E-state index < -0.39 is 5.54 Å². The van der Waals surface area contributed by atoms with E-state index in [4.69, 9.17) is 10.8 Å². The standard InChI is InChI=1S/C9H16N4O/c1-6-4-11-8(10)12-7(6)13-9(2,3)5-14/h4,14H,5H2,1-3H3,(H3,10,11,12,13). The van der Waals surface area contributed by atoms with Crippen molar-refractivity contribution < 1.29 is 5.11 Å². The fourth-order valence-corrected chi connectivity index (χ4v) is 0.942. The summed E-state index contributed by atoms with van der Waals surface area (Å²) in [5.74, 6) is 0.892. The summed E-state index contributed by atoms with van der Waals surface area (Å²) in [7, 11) is 0. The highest BCUT2D eigenvalue weighted by Gasteiger charge is 2.17. The Labute approximate surface area is 83.4 Å². The molecule has 0 unspecified atom stereocenters. The number of nitrogens with two attached hydrogens (primary N) is 1. The van der Waals surface area contributed by atoms with Crippen molar-refractivity contribution in [2.75, 3.05) is 17.7 Å². The topological polar surface area (TPSA) is 84.1 Å². The van der Waals surface area contributed by atoms with Crippen molar-refractivity contribution in [1.82, 2.24) is 9.97 Å². The van der Waals surface area contributed by atoms with Gasteiger partial charge < -0.3 is 16.2 Å². The third-order valence-corrected chi connectivity index (χ3v) is 1.84. The molecule has 4 N–H and O–H groups in total. The molecule has 0 fully saturated rings. The molecule has 0 bridgehead atoms. The van der Waals surface area contributed by atoms with E-state index >= 15 is 0 Å². The highest BCUT2D eigenvalue weighted by molar-refractivity contribution is 5.46. The van der Waals surface area contributed by atoms with Gasteiger partial charge in [-0.05, 0) is 20.8 Å². The fourth-order valence-electron chi connectivity index (χ4n) is 0.942. The first-order valence-electron chi connectivity index (χ1n) is 4.43. The van der Waals surface area contributed by atoms with Crippen molar-refractivity contribution in [1.29, 1.82) is 0 Å². The van der Waals surface area contributed by atoms with Crippen LogP contribution in [0.25, 0.3) is 0 Å². The Hall–Kier alpha value is -1.36. The fraction of sp³-hybridized carbons (Fsp3) is 0.556. The third-order valence-electron chi connectivity index (χ3n) is 1.84. The molecule has 5 nitrogen and oxygen atoms in total. The summed E-state index contributed by atoms with van der Waals surface area (Å²) < 4.78 is 0. The first kappa shape index (κ1) is 10.7. The van der Waals surface area contributed by atoms with Gasteiger partial charge in [-0.1, -0.05) is 0 Å². The first-order valence-corrected chi connectivity index (χ1v) is 4.43. The van der Waals surface area contributed by atoms with Crippen molar-refractivity contribution in [3.8, 4) is 0 Å². The zero-order valence-corrected chi connectivity index (χ0v) is 8.70. The third kappa shape index (κ3) is 2.56. The predicted octanol–water partition coefficient (Wildman–Crippen LogP) is 0.550. The Morgan fingerprint density at radius 1 is 1.57 bits per heavy atom. The van der Waals surface area contributed by atoms with E-state index in [1.165, 1.54) is 0 Å². The summed E-state index contributed by atoms with van der Waals surface area (Å²) in [5, 5.41) is 12.2. The number of aromatic nitrogens is 2. The van der Waals surface area contributed by atoms with Gasteiger partial charge in [0, 0.05) is 11.8 Å². The van der Waals surface area contributed by atoms with Crippen LogP contribution in [0.5, 0.6) is 0 Å². The minimum Gasteiger partial charge on any atom is -0.394 e. The van der Waals surface area contributed by atoms with Crippen LogP contribution in [-0.4, -0.2) is 27.2 Å². The maximum Gasteiger partial charge on any atom is 0.221 e. The molecule has 0 aliphatic rings. The van der Waals surface area contributed by atoms with E-state index in [9.17, 15) is 0 Å². The smallest absolute Gasteiger partial charge is 0.221 e. The average Bonchev–Trinajstić information content (AvgIpc) is 2.11. The highest BCUT2D eigenvalue weighted by Crippen LogP contribution is 2.16. The summed E-state index contributed by atoms with van der Waals surface area (Å²) >= 11 is 0. The molecule has 1 aromatic rings. The summed E-state index contributed by atoms with van der Waals surface area (Å²) in [6.45, 7) is 5.67. The van der Waals surface area contributed by atoms with Crippen LogP contribution < -0.4 is 11.1 Å². The molecule has 0 aliphatic heterocycles. The average molecular weight is 196 g/mol. The summed E-state index contributed by atoms with van der Waals surface area (Å²) in [4.78, 5) is 7.91. The van der Waals surface area contributed by atoms with E-state index in [1.807, 2.05) is 20.8 Å². The van der Waals surface area contributed by atoms with Crippen LogP contribution in [0.4, 0.5) is 11.8 Å². The lowest BCUT2D eigenvalue weighted by Crippen LogP contribution is -2.35. The van der Waals surface area contributed by atoms with Crippen LogP contribution >= 0.6 is 0 Å². The van der Waals surface area contributed by atoms with Crippen LogP contribution in [0, 0.1) is 6.92 Å². The van der Waals surface area contributed by atoms with Gasteiger partial charge in [-0.15, -0.1) is 0 Å². The molecule has 78 valence electrons. The lowest BCUT2D eigenvalue weighted by molar-refractivity contribution is 0.234. The van der Waals surface area contributed by atoms with E-state index in [2.05, 4.69) is 15.3 Å². The molecular formula is C9H16N4O. The van der Waals surface area contributed by atoms with Crippen molar-refractivity contribution in [3.63, 3.8) is 0 Å². The number of aliphatic hydroxyl groups excluding tert-OH is 1. The largest absolute Gasteiger partial charge is 0.394 e. The number of aryl methyl sites for hydroxylation is 1. The molecule has 0 aromatic carbocycles. The second-order valence-electron chi connectivity index (χ2n) is 3.93. The Balaban J connectivity index is 2.91. The number of hydrogen-bond donors (Lipinski definition) is 3. The molecule has 0 spiro atoms. The number of hydrogen-bond acceptors (Lipinski definition) is 5. The second kappa shape index (κ2) is 3.79. The molecule has 0 atom stereocenters. The summed E-state index contributed by atoms with van der Waals surface area (Å²) in [5.41, 5.74) is 5.96. The zero-order valence-electron chi connectivity index (χ0n) is 8.70. The number of rotatable bonds is 3. The first-order chi connectivity index (χ1) is 6.44. The van der Waals surface area contributed by atoms with Crippen LogP contribution in [0.3, 0.4) is 0 Å². The maximum atomic E-state index is 9.08. The Morgan fingerprint density at radius 3 is 2.79 bits per heavy atom. The van der Waals surface area contributed by atoms with Crippen LogP contribution in [0.1, 0.15) is 19.4 Å². The van der Waals surface area contributed by atoms with Gasteiger partial charge in [0.15, 0.2) is 0 Å². The molecule has 0 aliphatic carbocycles. The number of nitrogens with one attached hydrogen (secondary N) is 1. The van der Waals surface area contributed by atoms with E-state index in [0.29, 0.717) is 5.82 Å². The van der Waals surface area contributed by atoms with E-state index in [-0.39, 0.29) is 12.6 Å². The minimum atomic E-state index is -0.411. The van der Waals surface area contributed by atoms with Gasteiger partial charge in [0.1, 0.15) is 5.82 Å². The van der Waals surface area contributed by atoms with Crippen molar-refractivity contribution in [2.24, 2.45) is 0 Å². The Morgan fingerprint density at radius 2 is 2.21 bits per heavy atom. The lowest BCUT2D eigenvalue weighted by atomic mass is 10.1. The van der Waals surface area contributed by atoms with Gasteiger partial charge in [-0.25, -0.2) is 4.98 Å². The number of aliphatic hydroxyl groups is 1. The molecule has 0 saturated carbocycles. The van der Waals surface area contributed by atoms with Crippen molar-refractivity contribution in [2.45, 2.75) is 26.3 Å². The number of anilines is 2. The van der Waals surface area contributed by atoms with Gasteiger partial charge in [0.05, 0.1) is 12.1 Å². The maximum absolute atomic E-state index is 9.08.